The van der Waals surface area contributed by atoms with Crippen LogP contribution in [0.1, 0.15) is 32.6 Å². The molecule has 1 atom stereocenters. The Kier molecular flexibility index (Phi) is 4.05. The molecule has 0 spiro atoms. The van der Waals surface area contributed by atoms with Crippen LogP contribution in [0.3, 0.4) is 0 Å². The zero-order valence-electron chi connectivity index (χ0n) is 12.2. The van der Waals surface area contributed by atoms with E-state index < -0.39 is 0 Å². The Labute approximate surface area is 120 Å². The molecule has 1 aromatic rings. The van der Waals surface area contributed by atoms with Crippen LogP contribution in [0.2, 0.25) is 0 Å². The fourth-order valence-electron chi connectivity index (χ4n) is 2.90. The van der Waals surface area contributed by atoms with E-state index in [1.807, 2.05) is 6.20 Å². The van der Waals surface area contributed by atoms with Gasteiger partial charge in [-0.25, -0.2) is 4.68 Å². The zero-order chi connectivity index (χ0) is 13.9. The van der Waals surface area contributed by atoms with Gasteiger partial charge in [-0.2, -0.15) is 5.10 Å². The maximum Gasteiger partial charge on any atom is 0.268 e. The fourth-order valence-corrected chi connectivity index (χ4v) is 2.90. The van der Waals surface area contributed by atoms with E-state index in [2.05, 4.69) is 22.2 Å². The van der Waals surface area contributed by atoms with E-state index in [0.717, 1.165) is 31.2 Å². The average molecular weight is 276 g/mol. The summed E-state index contributed by atoms with van der Waals surface area (Å²) in [7, 11) is 0. The van der Waals surface area contributed by atoms with E-state index in [1.54, 1.807) is 10.7 Å². The van der Waals surface area contributed by atoms with E-state index in [0.29, 0.717) is 12.6 Å². The highest BCUT2D eigenvalue weighted by Crippen LogP contribution is 2.32. The molecule has 0 aromatic carbocycles. The zero-order valence-corrected chi connectivity index (χ0v) is 12.2. The molecule has 2 heterocycles. The van der Waals surface area contributed by atoms with Crippen molar-refractivity contribution in [2.24, 2.45) is 5.92 Å². The summed E-state index contributed by atoms with van der Waals surface area (Å²) in [5, 5.41) is 7.78. The lowest BCUT2D eigenvalue weighted by Gasteiger charge is -2.17. The lowest BCUT2D eigenvalue weighted by atomic mass is 10.2. The second kappa shape index (κ2) is 5.95. The largest absolute Gasteiger partial charge is 0.370 e. The van der Waals surface area contributed by atoms with Gasteiger partial charge >= 0.3 is 0 Å². The summed E-state index contributed by atoms with van der Waals surface area (Å²) >= 11 is 0. The number of anilines is 1. The Bertz CT molecular complexity index is 503. The van der Waals surface area contributed by atoms with Crippen molar-refractivity contribution in [3.63, 3.8) is 0 Å². The van der Waals surface area contributed by atoms with Gasteiger partial charge in [0.25, 0.3) is 5.56 Å². The van der Waals surface area contributed by atoms with Crippen LogP contribution in [0.4, 0.5) is 5.69 Å². The normalized spacial score (nSPS) is 20.4. The van der Waals surface area contributed by atoms with E-state index in [1.165, 1.54) is 25.7 Å². The van der Waals surface area contributed by atoms with Crippen LogP contribution in [0.5, 0.6) is 0 Å². The summed E-state index contributed by atoms with van der Waals surface area (Å²) in [5.74, 6) is 0.845. The van der Waals surface area contributed by atoms with Gasteiger partial charge in [0.05, 0.1) is 18.4 Å². The molecule has 5 heteroatoms. The molecule has 110 valence electrons. The molecule has 1 N–H and O–H groups in total. The van der Waals surface area contributed by atoms with Crippen molar-refractivity contribution in [3.8, 4) is 0 Å². The van der Waals surface area contributed by atoms with Crippen molar-refractivity contribution >= 4 is 5.69 Å². The Morgan fingerprint density at radius 3 is 2.80 bits per heavy atom. The van der Waals surface area contributed by atoms with Crippen LogP contribution in [-0.2, 0) is 6.54 Å². The van der Waals surface area contributed by atoms with Crippen molar-refractivity contribution < 1.29 is 0 Å². The third-order valence-electron chi connectivity index (χ3n) is 4.45. The first-order valence-corrected chi connectivity index (χ1v) is 7.79. The van der Waals surface area contributed by atoms with Gasteiger partial charge in [0.2, 0.25) is 0 Å². The molecule has 20 heavy (non-hydrogen) atoms. The molecule has 0 radical (unpaired) electrons. The highest BCUT2D eigenvalue weighted by atomic mass is 16.1. The molecule has 1 unspecified atom stereocenters. The quantitative estimate of drug-likeness (QED) is 0.849. The van der Waals surface area contributed by atoms with Gasteiger partial charge in [0.15, 0.2) is 0 Å². The third kappa shape index (κ3) is 3.20. The molecule has 3 rings (SSSR count). The fraction of sp³-hybridized carbons (Fsp3) is 0.733. The van der Waals surface area contributed by atoms with Crippen molar-refractivity contribution in [1.29, 1.82) is 0 Å². The van der Waals surface area contributed by atoms with E-state index in [9.17, 15) is 4.79 Å². The van der Waals surface area contributed by atoms with Crippen LogP contribution in [0, 0.1) is 5.92 Å². The lowest BCUT2D eigenvalue weighted by molar-refractivity contribution is 0.455. The molecule has 1 saturated carbocycles. The predicted molar refractivity (Wildman–Crippen MR) is 80.1 cm³/mol. The smallest absolute Gasteiger partial charge is 0.268 e. The number of hydrogen-bond donors (Lipinski definition) is 1. The van der Waals surface area contributed by atoms with Gasteiger partial charge in [0.1, 0.15) is 0 Å². The molecule has 0 amide bonds. The highest BCUT2D eigenvalue weighted by molar-refractivity contribution is 5.43. The van der Waals surface area contributed by atoms with Gasteiger partial charge in [0, 0.05) is 31.7 Å². The van der Waals surface area contributed by atoms with Crippen molar-refractivity contribution in [3.05, 3.63) is 22.6 Å². The van der Waals surface area contributed by atoms with Crippen LogP contribution in [0.15, 0.2) is 17.1 Å². The maximum absolute atomic E-state index is 12.1. The Balaban J connectivity index is 1.55. The van der Waals surface area contributed by atoms with Gasteiger partial charge in [-0.3, -0.25) is 4.79 Å². The van der Waals surface area contributed by atoms with Gasteiger partial charge in [-0.05, 0) is 38.5 Å². The Morgan fingerprint density at radius 2 is 2.15 bits per heavy atom. The van der Waals surface area contributed by atoms with Crippen LogP contribution in [-0.4, -0.2) is 35.5 Å². The summed E-state index contributed by atoms with van der Waals surface area (Å²) in [6.45, 7) is 5.78. The lowest BCUT2D eigenvalue weighted by Crippen LogP contribution is -2.34. The number of hydrogen-bond acceptors (Lipinski definition) is 4. The minimum Gasteiger partial charge on any atom is -0.370 e. The summed E-state index contributed by atoms with van der Waals surface area (Å²) in [5.41, 5.74) is 0.985. The monoisotopic (exact) mass is 276 g/mol. The molecule has 1 aliphatic carbocycles. The average Bonchev–Trinajstić information content (AvgIpc) is 3.16. The highest BCUT2D eigenvalue weighted by Gasteiger charge is 2.27. The summed E-state index contributed by atoms with van der Waals surface area (Å²) in [4.78, 5) is 14.3. The number of rotatable bonds is 6. The molecule has 5 nitrogen and oxygen atoms in total. The third-order valence-corrected chi connectivity index (χ3v) is 4.45. The molecule has 2 fully saturated rings. The summed E-state index contributed by atoms with van der Waals surface area (Å²) in [6, 6.07) is 2.29. The molecular weight excluding hydrogens is 252 g/mol. The van der Waals surface area contributed by atoms with Crippen molar-refractivity contribution in [2.45, 2.75) is 45.2 Å². The Hall–Kier alpha value is -1.36. The molecule has 1 aromatic heterocycles. The van der Waals surface area contributed by atoms with E-state index in [-0.39, 0.29) is 5.56 Å². The standard InChI is InChI=1S/C15H24N4O/c1-12(13-4-5-13)16-6-9-19-15(20)10-14(11-17-19)18-7-2-3-8-18/h10-13,16H,2-9H2,1H3. The van der Waals surface area contributed by atoms with Gasteiger partial charge < -0.3 is 10.2 Å². The summed E-state index contributed by atoms with van der Waals surface area (Å²) in [6.07, 6.45) is 6.95. The maximum atomic E-state index is 12.1. The van der Waals surface area contributed by atoms with Crippen LogP contribution >= 0.6 is 0 Å². The first kappa shape index (κ1) is 13.6. The van der Waals surface area contributed by atoms with E-state index in [4.69, 9.17) is 0 Å². The van der Waals surface area contributed by atoms with Gasteiger partial charge in [-0.15, -0.1) is 0 Å². The van der Waals surface area contributed by atoms with Crippen LogP contribution in [0.25, 0.3) is 0 Å². The first-order chi connectivity index (χ1) is 9.74. The van der Waals surface area contributed by atoms with E-state index >= 15 is 0 Å². The van der Waals surface area contributed by atoms with Crippen molar-refractivity contribution in [1.82, 2.24) is 15.1 Å². The number of nitrogens with zero attached hydrogens (tertiary/aromatic N) is 3. The SMILES string of the molecule is CC(NCCn1ncc(N2CCCC2)cc1=O)C1CC1. The second-order valence-electron chi connectivity index (χ2n) is 6.05. The first-order valence-electron chi connectivity index (χ1n) is 7.79. The number of aromatic nitrogens is 2. The summed E-state index contributed by atoms with van der Waals surface area (Å²) < 4.78 is 1.56. The Morgan fingerprint density at radius 1 is 1.40 bits per heavy atom. The molecule has 0 bridgehead atoms. The second-order valence-corrected chi connectivity index (χ2v) is 6.05. The van der Waals surface area contributed by atoms with Crippen molar-refractivity contribution in [2.75, 3.05) is 24.5 Å². The molecular formula is C15H24N4O. The predicted octanol–water partition coefficient (Wildman–Crippen LogP) is 1.23. The minimum absolute atomic E-state index is 0.00951. The topological polar surface area (TPSA) is 50.2 Å². The number of nitrogens with one attached hydrogen (secondary N) is 1. The molecule has 1 saturated heterocycles. The van der Waals surface area contributed by atoms with Gasteiger partial charge in [-0.1, -0.05) is 0 Å². The minimum atomic E-state index is 0.00951. The van der Waals surface area contributed by atoms with Crippen LogP contribution < -0.4 is 15.8 Å². The molecule has 1 aliphatic heterocycles. The molecule has 2 aliphatic rings.